The number of fused-ring (bicyclic) bond motifs is 6. The average molecular weight is 1120 g/mol. The summed E-state index contributed by atoms with van der Waals surface area (Å²) in [6, 6.07) is 60.9. The van der Waals surface area contributed by atoms with E-state index in [4.69, 9.17) is 0 Å². The molecule has 0 saturated heterocycles. The lowest BCUT2D eigenvalue weighted by Crippen LogP contribution is -2.62. The van der Waals surface area contributed by atoms with E-state index in [-0.39, 0.29) is 50.0 Å². The molecule has 8 aromatic carbocycles. The molecule has 0 bridgehead atoms. The second-order valence-electron chi connectivity index (χ2n) is 33.0. The quantitative estimate of drug-likeness (QED) is 0.154. The fourth-order valence-electron chi connectivity index (χ4n) is 14.8. The highest BCUT2D eigenvalue weighted by molar-refractivity contribution is 7.00. The number of rotatable bonds is 6. The molecule has 2 aliphatic heterocycles. The summed E-state index contributed by atoms with van der Waals surface area (Å²) in [4.78, 5) is 8.03. The van der Waals surface area contributed by atoms with Gasteiger partial charge in [-0.25, -0.2) is 0 Å². The summed E-state index contributed by atoms with van der Waals surface area (Å²) < 4.78 is 0. The van der Waals surface area contributed by atoms with Gasteiger partial charge in [0.2, 0.25) is 0 Å². The van der Waals surface area contributed by atoms with Gasteiger partial charge in [-0.3, -0.25) is 0 Å². The molecule has 12 rings (SSSR count). The van der Waals surface area contributed by atoms with Crippen LogP contribution in [-0.2, 0) is 43.3 Å². The Morgan fingerprint density at radius 1 is 0.353 bits per heavy atom. The Balaban J connectivity index is 1.28. The molecule has 0 amide bonds. The Morgan fingerprint density at radius 3 is 1.21 bits per heavy atom. The van der Waals surface area contributed by atoms with Crippen LogP contribution in [0.25, 0.3) is 11.1 Å². The maximum atomic E-state index is 2.74. The van der Waals surface area contributed by atoms with Crippen molar-refractivity contribution < 1.29 is 0 Å². The van der Waals surface area contributed by atoms with Gasteiger partial charge in [0.15, 0.2) is 0 Å². The molecule has 0 N–H and O–H groups in total. The Bertz CT molecular complexity index is 3880. The van der Waals surface area contributed by atoms with Crippen LogP contribution in [0.3, 0.4) is 0 Å². The van der Waals surface area contributed by atoms with Crippen LogP contribution in [0.1, 0.15) is 214 Å². The number of benzene rings is 8. The second-order valence-corrected chi connectivity index (χ2v) is 33.0. The normalized spacial score (nSPS) is 17.4. The summed E-state index contributed by atoms with van der Waals surface area (Å²) in [6.07, 6.45) is 4.59. The van der Waals surface area contributed by atoms with E-state index in [1.165, 1.54) is 118 Å². The van der Waals surface area contributed by atoms with E-state index in [9.17, 15) is 0 Å². The van der Waals surface area contributed by atoms with Crippen molar-refractivity contribution in [2.75, 3.05) is 14.7 Å². The molecular formula is C81H96BN3. The van der Waals surface area contributed by atoms with Crippen molar-refractivity contribution in [2.45, 2.75) is 214 Å². The molecule has 2 aliphatic carbocycles. The van der Waals surface area contributed by atoms with E-state index >= 15 is 0 Å². The lowest BCUT2D eigenvalue weighted by atomic mass is 9.33. The summed E-state index contributed by atoms with van der Waals surface area (Å²) in [5.41, 5.74) is 29.8. The maximum Gasteiger partial charge on any atom is 0.252 e. The van der Waals surface area contributed by atoms with Crippen molar-refractivity contribution in [3.8, 4) is 11.1 Å². The minimum absolute atomic E-state index is 0.00350. The zero-order chi connectivity index (χ0) is 61.1. The predicted molar refractivity (Wildman–Crippen MR) is 371 cm³/mol. The molecule has 0 atom stereocenters. The molecule has 0 fully saturated rings. The fourth-order valence-corrected chi connectivity index (χ4v) is 14.8. The third kappa shape index (κ3) is 9.98. The standard InChI is InChI=1S/C81H96BN3/c1-51-43-61-63(80(18,19)41-39-78(61,14)15)49-69(51)85-68-38-32-56(77(11,12)13)45-65(68)82-66-48-62-64(81(20,21)42-40-79(62,16)17)50-70(66)84(67-37-31-55(76(8,9)10)44-60(67)52-25-23-22-24-26-52)71-46-59(47-72(85)73(71)82)83(57-33-27-53(28-34-57)74(2,3)4)58-35-29-54(30-36-58)75(5,6)7/h22-38,43-50H,39-42H2,1-21H3. The Hall–Kier alpha value is -6.78. The highest BCUT2D eigenvalue weighted by atomic mass is 15.2. The Kier molecular flexibility index (Phi) is 13.5. The largest absolute Gasteiger partial charge is 0.311 e. The molecule has 3 nitrogen and oxygen atoms in total. The number of hydrogen-bond donors (Lipinski definition) is 0. The molecular weight excluding hydrogens is 1030 g/mol. The van der Waals surface area contributed by atoms with Crippen LogP contribution in [0, 0.1) is 6.92 Å². The van der Waals surface area contributed by atoms with Gasteiger partial charge in [0, 0.05) is 45.4 Å². The topological polar surface area (TPSA) is 9.72 Å². The first kappa shape index (κ1) is 58.6. The summed E-state index contributed by atoms with van der Waals surface area (Å²) in [5.74, 6) is 0. The van der Waals surface area contributed by atoms with E-state index in [0.29, 0.717) is 0 Å². The minimum atomic E-state index is -0.0828. The number of aryl methyl sites for hydroxylation is 1. The fraction of sp³-hybridized carbons (Fsp3) is 0.407. The van der Waals surface area contributed by atoms with Crippen molar-refractivity contribution in [3.05, 3.63) is 202 Å². The van der Waals surface area contributed by atoms with Gasteiger partial charge < -0.3 is 14.7 Å². The van der Waals surface area contributed by atoms with Gasteiger partial charge in [-0.15, -0.1) is 0 Å². The first-order valence-electron chi connectivity index (χ1n) is 32.0. The molecule has 0 saturated carbocycles. The molecule has 85 heavy (non-hydrogen) atoms. The van der Waals surface area contributed by atoms with E-state index in [0.717, 1.165) is 36.3 Å². The summed E-state index contributed by atoms with van der Waals surface area (Å²) in [6.45, 7) is 50.4. The number of anilines is 9. The monoisotopic (exact) mass is 1120 g/mol. The summed E-state index contributed by atoms with van der Waals surface area (Å²) in [5, 5.41) is 0. The van der Waals surface area contributed by atoms with Crippen LogP contribution in [0.2, 0.25) is 0 Å². The third-order valence-electron chi connectivity index (χ3n) is 20.7. The van der Waals surface area contributed by atoms with E-state index in [2.05, 4.69) is 312 Å². The van der Waals surface area contributed by atoms with Gasteiger partial charge in [-0.05, 0) is 215 Å². The van der Waals surface area contributed by atoms with Gasteiger partial charge in [0.1, 0.15) is 0 Å². The van der Waals surface area contributed by atoms with Gasteiger partial charge in [0.05, 0.1) is 11.4 Å². The highest BCUT2D eigenvalue weighted by Crippen LogP contribution is 2.55. The Labute approximate surface area is 513 Å². The number of nitrogens with zero attached hydrogens (tertiary/aromatic N) is 3. The third-order valence-corrected chi connectivity index (χ3v) is 20.7. The van der Waals surface area contributed by atoms with E-state index < -0.39 is 0 Å². The molecule has 0 aromatic heterocycles. The van der Waals surface area contributed by atoms with E-state index in [1.807, 2.05) is 0 Å². The van der Waals surface area contributed by atoms with Crippen molar-refractivity contribution in [3.63, 3.8) is 0 Å². The van der Waals surface area contributed by atoms with Crippen LogP contribution >= 0.6 is 0 Å². The van der Waals surface area contributed by atoms with Crippen molar-refractivity contribution in [2.24, 2.45) is 0 Å². The first-order chi connectivity index (χ1) is 39.5. The molecule has 8 aromatic rings. The van der Waals surface area contributed by atoms with Gasteiger partial charge in [0.25, 0.3) is 6.71 Å². The minimum Gasteiger partial charge on any atom is -0.311 e. The Morgan fingerprint density at radius 2 is 0.741 bits per heavy atom. The highest BCUT2D eigenvalue weighted by Gasteiger charge is 2.49. The van der Waals surface area contributed by atoms with Gasteiger partial charge in [-0.1, -0.05) is 223 Å². The second kappa shape index (κ2) is 19.6. The van der Waals surface area contributed by atoms with Crippen LogP contribution in [0.15, 0.2) is 152 Å². The molecule has 4 aliphatic rings. The smallest absolute Gasteiger partial charge is 0.252 e. The van der Waals surface area contributed by atoms with Crippen molar-refractivity contribution >= 4 is 74.3 Å². The zero-order valence-electron chi connectivity index (χ0n) is 55.7. The van der Waals surface area contributed by atoms with Gasteiger partial charge >= 0.3 is 0 Å². The molecule has 2 heterocycles. The van der Waals surface area contributed by atoms with E-state index in [1.54, 1.807) is 0 Å². The van der Waals surface area contributed by atoms with Crippen LogP contribution in [0.4, 0.5) is 51.2 Å². The summed E-state index contributed by atoms with van der Waals surface area (Å²) in [7, 11) is 0. The lowest BCUT2D eigenvalue weighted by molar-refractivity contribution is 0.332. The van der Waals surface area contributed by atoms with Crippen LogP contribution < -0.4 is 31.1 Å². The molecule has 0 unspecified atom stereocenters. The lowest BCUT2D eigenvalue weighted by Gasteiger charge is -2.48. The first-order valence-corrected chi connectivity index (χ1v) is 32.0. The molecule has 4 heteroatoms. The van der Waals surface area contributed by atoms with Gasteiger partial charge in [-0.2, -0.15) is 0 Å². The molecule has 0 radical (unpaired) electrons. The van der Waals surface area contributed by atoms with Crippen molar-refractivity contribution in [1.82, 2.24) is 0 Å². The average Bonchev–Trinajstić information content (AvgIpc) is 0.838. The van der Waals surface area contributed by atoms with Crippen LogP contribution in [-0.4, -0.2) is 6.71 Å². The maximum absolute atomic E-state index is 2.74. The molecule has 438 valence electrons. The zero-order valence-corrected chi connectivity index (χ0v) is 55.7. The van der Waals surface area contributed by atoms with Crippen LogP contribution in [0.5, 0.6) is 0 Å². The predicted octanol–water partition coefficient (Wildman–Crippen LogP) is 21.1. The van der Waals surface area contributed by atoms with Crippen molar-refractivity contribution in [1.29, 1.82) is 0 Å². The SMILES string of the molecule is Cc1cc2c(cc1N1c3ccc(C(C)(C)C)cc3B3c4cc5c(cc4N(c4ccc(C(C)(C)C)cc4-c4ccccc4)c4cc(N(c6ccc(C(C)(C)C)cc6)c6ccc(C(C)(C)C)cc6)cc1c43)C(C)(C)CCC5(C)C)C(C)(C)CCC2(C)C. The number of hydrogen-bond acceptors (Lipinski definition) is 3. The summed E-state index contributed by atoms with van der Waals surface area (Å²) >= 11 is 0. The molecule has 0 spiro atoms.